The van der Waals surface area contributed by atoms with E-state index in [9.17, 15) is 26.7 Å². The Balaban J connectivity index is 2.26. The summed E-state index contributed by atoms with van der Waals surface area (Å²) in [4.78, 5) is 19.3. The van der Waals surface area contributed by atoms with Crippen LogP contribution in [-0.4, -0.2) is 28.0 Å². The topological polar surface area (TPSA) is 65.9 Å². The monoisotopic (exact) mass is 349 g/mol. The van der Waals surface area contributed by atoms with Crippen LogP contribution in [0.15, 0.2) is 0 Å². The summed E-state index contributed by atoms with van der Waals surface area (Å²) < 4.78 is 66.5. The quantitative estimate of drug-likeness (QED) is 0.156. The first-order valence-corrected chi connectivity index (χ1v) is 7.02. The van der Waals surface area contributed by atoms with Gasteiger partial charge in [-0.3, -0.25) is 9.63 Å². The summed E-state index contributed by atoms with van der Waals surface area (Å²) in [6, 6.07) is -0.447. The molecule has 5 nitrogen and oxygen atoms in total. The fourth-order valence-corrected chi connectivity index (χ4v) is 2.51. The summed E-state index contributed by atoms with van der Waals surface area (Å²) in [5, 5.41) is 0.727. The van der Waals surface area contributed by atoms with Crippen molar-refractivity contribution in [2.75, 3.05) is 0 Å². The number of carbonyl (C=O) groups is 1. The summed E-state index contributed by atoms with van der Waals surface area (Å²) in [5.74, 6) is -11.4. The fourth-order valence-electron chi connectivity index (χ4n) is 2.51. The Kier molecular flexibility index (Phi) is 5.63. The van der Waals surface area contributed by atoms with Crippen LogP contribution < -0.4 is 0 Å². The van der Waals surface area contributed by atoms with Gasteiger partial charge < -0.3 is 5.53 Å². The molecule has 0 atom stereocenters. The van der Waals surface area contributed by atoms with Crippen LogP contribution in [0.4, 0.5) is 22.0 Å². The first-order valence-electron chi connectivity index (χ1n) is 7.02. The molecule has 1 fully saturated rings. The van der Waals surface area contributed by atoms with Gasteiger partial charge in [0.25, 0.3) is 0 Å². The lowest BCUT2D eigenvalue weighted by atomic mass is 10.2. The zero-order chi connectivity index (χ0) is 17.9. The molecule has 1 saturated carbocycles. The summed E-state index contributed by atoms with van der Waals surface area (Å²) >= 11 is 0. The largest absolute Gasteiger partial charge is 0.361 e. The molecular formula is C14H12F5N3O2. The van der Waals surface area contributed by atoms with Crippen molar-refractivity contribution in [1.82, 2.24) is 5.06 Å². The summed E-state index contributed by atoms with van der Waals surface area (Å²) in [6.45, 7) is -1.05. The van der Waals surface area contributed by atoms with E-state index in [2.05, 4.69) is 4.79 Å². The second-order valence-electron chi connectivity index (χ2n) is 5.17. The lowest BCUT2D eigenvalue weighted by Gasteiger charge is -2.25. The van der Waals surface area contributed by atoms with Gasteiger partial charge in [-0.25, -0.2) is 27.0 Å². The number of hydrogen-bond donors (Lipinski definition) is 0. The van der Waals surface area contributed by atoms with E-state index in [4.69, 9.17) is 10.4 Å². The number of amides is 1. The van der Waals surface area contributed by atoms with Gasteiger partial charge in [-0.2, -0.15) is 4.79 Å². The van der Waals surface area contributed by atoms with Crippen LogP contribution in [0.3, 0.4) is 0 Å². The maximum atomic E-state index is 13.6. The number of nitrogens with zero attached hydrogens (tertiary/aromatic N) is 3. The third-order valence-corrected chi connectivity index (χ3v) is 3.69. The number of rotatable bonds is 5. The molecule has 0 saturated heterocycles. The van der Waals surface area contributed by atoms with Gasteiger partial charge in [0.15, 0.2) is 23.3 Å². The minimum Gasteiger partial charge on any atom is -0.361 e. The summed E-state index contributed by atoms with van der Waals surface area (Å²) in [5.41, 5.74) is 7.22. The van der Waals surface area contributed by atoms with Gasteiger partial charge in [0, 0.05) is 0 Å². The Morgan fingerprint density at radius 3 is 2.08 bits per heavy atom. The highest BCUT2D eigenvalue weighted by Gasteiger charge is 2.31. The molecule has 1 aliphatic rings. The molecule has 1 amide bonds. The first-order chi connectivity index (χ1) is 11.4. The van der Waals surface area contributed by atoms with E-state index in [1.807, 2.05) is 0 Å². The predicted octanol–water partition coefficient (Wildman–Crippen LogP) is 2.89. The average Bonchev–Trinajstić information content (AvgIpc) is 3.08. The minimum absolute atomic E-state index is 0.447. The van der Waals surface area contributed by atoms with E-state index in [-0.39, 0.29) is 0 Å². The third kappa shape index (κ3) is 3.44. The van der Waals surface area contributed by atoms with E-state index in [1.165, 1.54) is 0 Å². The molecule has 0 bridgehead atoms. The van der Waals surface area contributed by atoms with E-state index in [0.29, 0.717) is 19.1 Å². The molecule has 0 radical (unpaired) electrons. The van der Waals surface area contributed by atoms with Gasteiger partial charge in [-0.1, -0.05) is 12.8 Å². The van der Waals surface area contributed by atoms with Gasteiger partial charge in [0.05, 0.1) is 11.6 Å². The highest BCUT2D eigenvalue weighted by Crippen LogP contribution is 2.27. The third-order valence-electron chi connectivity index (χ3n) is 3.69. The molecule has 1 aromatic rings. The zero-order valence-corrected chi connectivity index (χ0v) is 12.2. The number of hydrogen-bond acceptors (Lipinski definition) is 2. The molecule has 10 heteroatoms. The number of carbonyl (C=O) groups excluding carboxylic acids is 1. The van der Waals surface area contributed by atoms with Crippen LogP contribution in [-0.2, 0) is 16.2 Å². The van der Waals surface area contributed by atoms with E-state index in [1.54, 1.807) is 0 Å². The van der Waals surface area contributed by atoms with Crippen LogP contribution in [0.25, 0.3) is 5.53 Å². The molecule has 2 rings (SSSR count). The number of hydroxylamine groups is 2. The lowest BCUT2D eigenvalue weighted by molar-refractivity contribution is -0.200. The van der Waals surface area contributed by atoms with Crippen molar-refractivity contribution in [1.29, 1.82) is 0 Å². The van der Waals surface area contributed by atoms with Crippen molar-refractivity contribution >= 4 is 12.1 Å². The SMILES string of the molecule is [N-]=[N+]=CC(=O)N(OCc1c(F)c(F)c(F)c(F)c1F)C1CCCC1. The lowest BCUT2D eigenvalue weighted by Crippen LogP contribution is -2.39. The second-order valence-corrected chi connectivity index (χ2v) is 5.17. The molecule has 0 aliphatic heterocycles. The van der Waals surface area contributed by atoms with E-state index in [0.717, 1.165) is 17.9 Å². The number of benzene rings is 1. The van der Waals surface area contributed by atoms with E-state index >= 15 is 0 Å². The summed E-state index contributed by atoms with van der Waals surface area (Å²) in [7, 11) is 0. The fraction of sp³-hybridized carbons (Fsp3) is 0.429. The molecule has 0 spiro atoms. The normalized spacial score (nSPS) is 14.5. The Bertz CT molecular complexity index is 671. The van der Waals surface area contributed by atoms with E-state index < -0.39 is 53.2 Å². The molecule has 0 heterocycles. The van der Waals surface area contributed by atoms with Crippen LogP contribution >= 0.6 is 0 Å². The van der Waals surface area contributed by atoms with Crippen molar-refractivity contribution in [2.24, 2.45) is 0 Å². The van der Waals surface area contributed by atoms with Crippen LogP contribution in [0.1, 0.15) is 31.2 Å². The Morgan fingerprint density at radius 2 is 1.58 bits per heavy atom. The molecule has 130 valence electrons. The zero-order valence-electron chi connectivity index (χ0n) is 12.2. The van der Waals surface area contributed by atoms with Crippen molar-refractivity contribution in [2.45, 2.75) is 38.3 Å². The van der Waals surface area contributed by atoms with Gasteiger partial charge in [-0.05, 0) is 12.8 Å². The molecule has 0 aromatic heterocycles. The van der Waals surface area contributed by atoms with Crippen LogP contribution in [0.2, 0.25) is 0 Å². The van der Waals surface area contributed by atoms with Crippen molar-refractivity contribution in [3.8, 4) is 0 Å². The van der Waals surface area contributed by atoms with Gasteiger partial charge in [0.1, 0.15) is 6.61 Å². The Hall–Kier alpha value is -2.32. The Morgan fingerprint density at radius 1 is 1.08 bits per heavy atom. The maximum absolute atomic E-state index is 13.6. The van der Waals surface area contributed by atoms with Crippen LogP contribution in [0.5, 0.6) is 0 Å². The Labute approximate surface area is 133 Å². The average molecular weight is 349 g/mol. The van der Waals surface area contributed by atoms with Gasteiger partial charge in [-0.15, -0.1) is 0 Å². The standard InChI is InChI=1S/C14H12F5N3O2/c15-10-8(11(16)13(18)14(19)12(10)17)6-24-22(9(23)5-21-20)7-3-1-2-4-7/h5,7H,1-4,6H2. The summed E-state index contributed by atoms with van der Waals surface area (Å²) in [6.07, 6.45) is 3.12. The minimum atomic E-state index is -2.27. The predicted molar refractivity (Wildman–Crippen MR) is 69.8 cm³/mol. The molecular weight excluding hydrogens is 337 g/mol. The van der Waals surface area contributed by atoms with Gasteiger partial charge in [0.2, 0.25) is 5.82 Å². The molecule has 0 N–H and O–H groups in total. The smallest absolute Gasteiger partial charge is 0.352 e. The highest BCUT2D eigenvalue weighted by atomic mass is 19.2. The van der Waals surface area contributed by atoms with Gasteiger partial charge >= 0.3 is 12.1 Å². The van der Waals surface area contributed by atoms with Crippen molar-refractivity contribution in [3.63, 3.8) is 0 Å². The highest BCUT2D eigenvalue weighted by molar-refractivity contribution is 6.23. The molecule has 1 aliphatic carbocycles. The molecule has 1 aromatic carbocycles. The van der Waals surface area contributed by atoms with Crippen LogP contribution in [0, 0.1) is 29.1 Å². The molecule has 24 heavy (non-hydrogen) atoms. The second kappa shape index (κ2) is 7.50. The maximum Gasteiger partial charge on any atom is 0.352 e. The number of halogens is 5. The first kappa shape index (κ1) is 18.0. The molecule has 0 unspecified atom stereocenters. The van der Waals surface area contributed by atoms with Crippen molar-refractivity contribution in [3.05, 3.63) is 40.2 Å². The van der Waals surface area contributed by atoms with Crippen molar-refractivity contribution < 1.29 is 36.4 Å².